The van der Waals surface area contributed by atoms with Crippen molar-refractivity contribution >= 4 is 11.9 Å². The Morgan fingerprint density at radius 2 is 1.26 bits per heavy atom. The van der Waals surface area contributed by atoms with Gasteiger partial charge >= 0.3 is 11.9 Å². The quantitative estimate of drug-likeness (QED) is 0.201. The monoisotopic (exact) mass is 382 g/mol. The van der Waals surface area contributed by atoms with Crippen molar-refractivity contribution in [1.82, 2.24) is 0 Å². The highest BCUT2D eigenvalue weighted by molar-refractivity contribution is 5.82. The molecule has 0 saturated carbocycles. The lowest BCUT2D eigenvalue weighted by atomic mass is 10.0. The molecular formula is C23H42O4. The van der Waals surface area contributed by atoms with Crippen LogP contribution in [0.15, 0.2) is 0 Å². The summed E-state index contributed by atoms with van der Waals surface area (Å²) >= 11 is 0. The molecule has 4 nitrogen and oxygen atoms in total. The minimum absolute atomic E-state index is 0.292. The SMILES string of the molecule is CCCCCCCCCCCCCCCCCCOC(=O)C1CCC(=O)O1. The second kappa shape index (κ2) is 17.1. The predicted molar refractivity (Wildman–Crippen MR) is 110 cm³/mol. The van der Waals surface area contributed by atoms with Crippen LogP contribution in [0.25, 0.3) is 0 Å². The van der Waals surface area contributed by atoms with Gasteiger partial charge in [-0.05, 0) is 6.42 Å². The third-order valence-electron chi connectivity index (χ3n) is 5.39. The van der Waals surface area contributed by atoms with Crippen molar-refractivity contribution in [2.24, 2.45) is 0 Å². The zero-order valence-corrected chi connectivity index (χ0v) is 17.6. The Hall–Kier alpha value is -1.06. The molecule has 0 amide bonds. The lowest BCUT2D eigenvalue weighted by molar-refractivity contribution is -0.161. The van der Waals surface area contributed by atoms with E-state index in [2.05, 4.69) is 6.92 Å². The van der Waals surface area contributed by atoms with E-state index in [1.165, 1.54) is 89.9 Å². The number of esters is 2. The molecule has 0 aliphatic carbocycles. The molecule has 0 aromatic rings. The fourth-order valence-corrected chi connectivity index (χ4v) is 3.61. The number of hydrogen-bond acceptors (Lipinski definition) is 4. The Bertz CT molecular complexity index is 381. The van der Waals surface area contributed by atoms with E-state index in [4.69, 9.17) is 9.47 Å². The molecule has 0 spiro atoms. The second-order valence-corrected chi connectivity index (χ2v) is 7.99. The van der Waals surface area contributed by atoms with Crippen molar-refractivity contribution < 1.29 is 19.1 Å². The first-order chi connectivity index (χ1) is 13.2. The molecule has 1 fully saturated rings. The van der Waals surface area contributed by atoms with Crippen molar-refractivity contribution in [2.45, 2.75) is 129 Å². The van der Waals surface area contributed by atoms with E-state index in [9.17, 15) is 9.59 Å². The first kappa shape index (κ1) is 24.0. The summed E-state index contributed by atoms with van der Waals surface area (Å²) < 4.78 is 10.1. The van der Waals surface area contributed by atoms with E-state index in [1.807, 2.05) is 0 Å². The summed E-state index contributed by atoms with van der Waals surface area (Å²) in [5.41, 5.74) is 0. The zero-order valence-electron chi connectivity index (χ0n) is 17.6. The third-order valence-corrected chi connectivity index (χ3v) is 5.39. The molecule has 27 heavy (non-hydrogen) atoms. The van der Waals surface area contributed by atoms with Crippen LogP contribution in [0.1, 0.15) is 122 Å². The van der Waals surface area contributed by atoms with Gasteiger partial charge in [-0.15, -0.1) is 0 Å². The van der Waals surface area contributed by atoms with Crippen molar-refractivity contribution in [3.63, 3.8) is 0 Å². The van der Waals surface area contributed by atoms with Gasteiger partial charge in [0.2, 0.25) is 0 Å². The highest BCUT2D eigenvalue weighted by atomic mass is 16.6. The number of cyclic esters (lactones) is 1. The minimum Gasteiger partial charge on any atom is -0.463 e. The van der Waals surface area contributed by atoms with Gasteiger partial charge in [0.05, 0.1) is 6.61 Å². The summed E-state index contributed by atoms with van der Waals surface area (Å²) in [4.78, 5) is 22.6. The lowest BCUT2D eigenvalue weighted by Crippen LogP contribution is -2.23. The van der Waals surface area contributed by atoms with E-state index in [1.54, 1.807) is 0 Å². The molecule has 0 aromatic carbocycles. The molecule has 1 saturated heterocycles. The van der Waals surface area contributed by atoms with Crippen molar-refractivity contribution in [2.75, 3.05) is 6.61 Å². The van der Waals surface area contributed by atoms with Gasteiger partial charge in [-0.25, -0.2) is 4.79 Å². The summed E-state index contributed by atoms with van der Waals surface area (Å²) in [6, 6.07) is 0. The van der Waals surface area contributed by atoms with Gasteiger partial charge in [0, 0.05) is 12.8 Å². The van der Waals surface area contributed by atoms with Crippen molar-refractivity contribution in [3.05, 3.63) is 0 Å². The Morgan fingerprint density at radius 3 is 1.67 bits per heavy atom. The molecule has 0 radical (unpaired) electrons. The van der Waals surface area contributed by atoms with Crippen molar-refractivity contribution in [1.29, 1.82) is 0 Å². The Kier molecular flexibility index (Phi) is 15.2. The first-order valence-electron chi connectivity index (χ1n) is 11.6. The normalized spacial score (nSPS) is 16.5. The number of ether oxygens (including phenoxy) is 2. The topological polar surface area (TPSA) is 52.6 Å². The molecule has 1 rings (SSSR count). The van der Waals surface area contributed by atoms with Gasteiger partial charge in [0.25, 0.3) is 0 Å². The summed E-state index contributed by atoms with van der Waals surface area (Å²) in [6.45, 7) is 2.72. The zero-order chi connectivity index (χ0) is 19.6. The van der Waals surface area contributed by atoms with Gasteiger partial charge in [0.1, 0.15) is 0 Å². The molecule has 1 unspecified atom stereocenters. The maximum absolute atomic E-state index is 11.7. The highest BCUT2D eigenvalue weighted by Gasteiger charge is 2.30. The molecule has 0 N–H and O–H groups in total. The van der Waals surface area contributed by atoms with E-state index < -0.39 is 6.10 Å². The van der Waals surface area contributed by atoms with Crippen LogP contribution in [-0.4, -0.2) is 24.6 Å². The number of rotatable bonds is 18. The number of carbonyl (C=O) groups excluding carboxylic acids is 2. The van der Waals surface area contributed by atoms with E-state index in [-0.39, 0.29) is 11.9 Å². The maximum atomic E-state index is 11.7. The van der Waals surface area contributed by atoms with Gasteiger partial charge in [-0.3, -0.25) is 4.79 Å². The standard InChI is InChI=1S/C23H42O4/c1-2-3-4-5-6-7-8-9-10-11-12-13-14-15-16-17-20-26-23(25)21-18-19-22(24)27-21/h21H,2-20H2,1H3. The molecule has 0 bridgehead atoms. The molecule has 1 aliphatic rings. The van der Waals surface area contributed by atoms with E-state index in [0.717, 1.165) is 12.8 Å². The number of carbonyl (C=O) groups is 2. The summed E-state index contributed by atoms with van der Waals surface area (Å²) in [5.74, 6) is -0.666. The summed E-state index contributed by atoms with van der Waals surface area (Å²) in [5, 5.41) is 0. The lowest BCUT2D eigenvalue weighted by Gasteiger charge is -2.09. The van der Waals surface area contributed by atoms with Crippen molar-refractivity contribution in [3.8, 4) is 0 Å². The third kappa shape index (κ3) is 13.7. The van der Waals surface area contributed by atoms with Gasteiger partial charge in [-0.1, -0.05) is 103 Å². The van der Waals surface area contributed by atoms with Crippen LogP contribution in [0, 0.1) is 0 Å². The van der Waals surface area contributed by atoms with Crippen LogP contribution < -0.4 is 0 Å². The summed E-state index contributed by atoms with van der Waals surface area (Å²) in [7, 11) is 0. The molecule has 4 heteroatoms. The fraction of sp³-hybridized carbons (Fsp3) is 0.913. The highest BCUT2D eigenvalue weighted by Crippen LogP contribution is 2.16. The summed E-state index contributed by atoms with van der Waals surface area (Å²) in [6.07, 6.45) is 21.4. The molecule has 1 aliphatic heterocycles. The average molecular weight is 383 g/mol. The number of unbranched alkanes of at least 4 members (excludes halogenated alkanes) is 15. The Balaban J connectivity index is 1.72. The van der Waals surface area contributed by atoms with Crippen LogP contribution in [0.3, 0.4) is 0 Å². The van der Waals surface area contributed by atoms with Crippen LogP contribution in [0.5, 0.6) is 0 Å². The van der Waals surface area contributed by atoms with Crippen LogP contribution in [0.2, 0.25) is 0 Å². The first-order valence-corrected chi connectivity index (χ1v) is 11.6. The van der Waals surface area contributed by atoms with Gasteiger partial charge in [-0.2, -0.15) is 0 Å². The Morgan fingerprint density at radius 1 is 0.815 bits per heavy atom. The van der Waals surface area contributed by atoms with E-state index >= 15 is 0 Å². The molecule has 1 atom stereocenters. The van der Waals surface area contributed by atoms with Crippen LogP contribution >= 0.6 is 0 Å². The van der Waals surface area contributed by atoms with Crippen LogP contribution in [-0.2, 0) is 19.1 Å². The average Bonchev–Trinajstić information content (AvgIpc) is 3.10. The maximum Gasteiger partial charge on any atom is 0.347 e. The smallest absolute Gasteiger partial charge is 0.347 e. The second-order valence-electron chi connectivity index (χ2n) is 7.99. The minimum atomic E-state index is -0.654. The van der Waals surface area contributed by atoms with E-state index in [0.29, 0.717) is 19.4 Å². The molecular weight excluding hydrogens is 340 g/mol. The molecule has 1 heterocycles. The van der Waals surface area contributed by atoms with Crippen LogP contribution in [0.4, 0.5) is 0 Å². The molecule has 158 valence electrons. The largest absolute Gasteiger partial charge is 0.463 e. The fourth-order valence-electron chi connectivity index (χ4n) is 3.61. The Labute approximate surface area is 166 Å². The number of hydrogen-bond donors (Lipinski definition) is 0. The predicted octanol–water partition coefficient (Wildman–Crippen LogP) is 6.50. The van der Waals surface area contributed by atoms with Gasteiger partial charge < -0.3 is 9.47 Å². The van der Waals surface area contributed by atoms with Gasteiger partial charge in [0.15, 0.2) is 6.10 Å². The molecule has 0 aromatic heterocycles.